The molecule has 2 N–H and O–H groups in total. The van der Waals surface area contributed by atoms with Gasteiger partial charge in [-0.3, -0.25) is 4.90 Å². The van der Waals surface area contributed by atoms with Crippen LogP contribution < -0.4 is 0 Å². The van der Waals surface area contributed by atoms with Crippen LogP contribution in [0.4, 0.5) is 0 Å². The Morgan fingerprint density at radius 3 is 2.72 bits per heavy atom. The molecule has 162 valence electrons. The number of halogens is 1. The monoisotopic (exact) mass is 486 g/mol. The molecule has 3 nitrogen and oxygen atoms in total. The van der Waals surface area contributed by atoms with Crippen LogP contribution in [-0.2, 0) is 24.8 Å². The normalized spacial score (nSPS) is 23.1. The maximum Gasteiger partial charge on any atom is 0.115 e. The van der Waals surface area contributed by atoms with Gasteiger partial charge in [-0.05, 0) is 82.5 Å². The number of nitrogens with one attached hydrogen (secondary N) is 1. The Morgan fingerprint density at radius 1 is 1.03 bits per heavy atom. The topological polar surface area (TPSA) is 39.3 Å². The first-order chi connectivity index (χ1) is 15.6. The zero-order chi connectivity index (χ0) is 21.7. The Bertz CT molecular complexity index is 1280. The van der Waals surface area contributed by atoms with Crippen molar-refractivity contribution in [1.82, 2.24) is 9.88 Å². The van der Waals surface area contributed by atoms with E-state index in [0.717, 1.165) is 43.4 Å². The highest BCUT2D eigenvalue weighted by molar-refractivity contribution is 9.10. The number of para-hydroxylation sites is 1. The number of nitrogens with zero attached hydrogens (tertiary/aromatic N) is 1. The van der Waals surface area contributed by atoms with Crippen LogP contribution >= 0.6 is 15.9 Å². The number of H-pyrrole nitrogens is 1. The minimum absolute atomic E-state index is 0.0479. The summed E-state index contributed by atoms with van der Waals surface area (Å²) >= 11 is 3.74. The second-order valence-corrected chi connectivity index (χ2v) is 10.4. The van der Waals surface area contributed by atoms with E-state index >= 15 is 0 Å². The van der Waals surface area contributed by atoms with Crippen molar-refractivity contribution in [3.05, 3.63) is 99.7 Å². The molecule has 1 saturated heterocycles. The van der Waals surface area contributed by atoms with Gasteiger partial charge < -0.3 is 10.1 Å². The molecule has 0 amide bonds. The van der Waals surface area contributed by atoms with Gasteiger partial charge in [-0.15, -0.1) is 0 Å². The Hall–Kier alpha value is -2.56. The number of phenols is 1. The predicted octanol–water partition coefficient (Wildman–Crippen LogP) is 6.19. The fourth-order valence-electron chi connectivity index (χ4n) is 6.15. The third-order valence-electron chi connectivity index (χ3n) is 7.73. The summed E-state index contributed by atoms with van der Waals surface area (Å²) < 4.78 is 1.13. The van der Waals surface area contributed by atoms with E-state index in [0.29, 0.717) is 11.7 Å². The molecule has 0 saturated carbocycles. The van der Waals surface area contributed by atoms with Gasteiger partial charge in [-0.25, -0.2) is 0 Å². The van der Waals surface area contributed by atoms with Gasteiger partial charge in [0.25, 0.3) is 0 Å². The largest absolute Gasteiger partial charge is 0.508 e. The lowest BCUT2D eigenvalue weighted by Gasteiger charge is -2.51. The van der Waals surface area contributed by atoms with Gasteiger partial charge in [0.1, 0.15) is 5.75 Å². The standard InChI is InChI=1S/C28H27BrN2O/c29-25-11-5-10-23-24-15-21-18-31(17-19-6-2-1-3-7-19)13-12-28(21,16-26(24)30-27(23)25)20-8-4-9-22(32)14-20/h1-11,14,21,30,32H,12-13,15-18H2/t21?,28-/m0/s1. The molecule has 1 aromatic heterocycles. The number of rotatable bonds is 3. The Balaban J connectivity index is 1.42. The summed E-state index contributed by atoms with van der Waals surface area (Å²) in [6.45, 7) is 3.14. The van der Waals surface area contributed by atoms with E-state index < -0.39 is 0 Å². The minimum atomic E-state index is 0.0479. The summed E-state index contributed by atoms with van der Waals surface area (Å²) in [5.74, 6) is 0.875. The van der Waals surface area contributed by atoms with Gasteiger partial charge in [0.2, 0.25) is 0 Å². The molecule has 1 aliphatic heterocycles. The molecule has 0 bridgehead atoms. The number of benzene rings is 3. The third kappa shape index (κ3) is 3.28. The first-order valence-electron chi connectivity index (χ1n) is 11.5. The van der Waals surface area contributed by atoms with Gasteiger partial charge >= 0.3 is 0 Å². The fourth-order valence-corrected chi connectivity index (χ4v) is 6.62. The van der Waals surface area contributed by atoms with Gasteiger partial charge in [0.05, 0.1) is 5.52 Å². The number of aromatic amines is 1. The van der Waals surface area contributed by atoms with Crippen LogP contribution in [0.5, 0.6) is 5.75 Å². The quantitative estimate of drug-likeness (QED) is 0.362. The smallest absolute Gasteiger partial charge is 0.115 e. The van der Waals surface area contributed by atoms with Crippen molar-refractivity contribution in [3.8, 4) is 5.75 Å². The third-order valence-corrected chi connectivity index (χ3v) is 8.39. The minimum Gasteiger partial charge on any atom is -0.508 e. The fraction of sp³-hybridized carbons (Fsp3) is 0.286. The van der Waals surface area contributed by atoms with Crippen LogP contribution in [0.3, 0.4) is 0 Å². The zero-order valence-corrected chi connectivity index (χ0v) is 19.6. The van der Waals surface area contributed by atoms with Crippen molar-refractivity contribution < 1.29 is 5.11 Å². The molecule has 2 heterocycles. The van der Waals surface area contributed by atoms with E-state index in [9.17, 15) is 5.11 Å². The molecule has 0 spiro atoms. The number of hydrogen-bond donors (Lipinski definition) is 2. The number of phenolic OH excluding ortho intramolecular Hbond substituents is 1. The summed E-state index contributed by atoms with van der Waals surface area (Å²) in [6.07, 6.45) is 3.16. The van der Waals surface area contributed by atoms with Crippen LogP contribution in [0.1, 0.15) is 28.8 Å². The van der Waals surface area contributed by atoms with Crippen molar-refractivity contribution in [2.75, 3.05) is 13.1 Å². The highest BCUT2D eigenvalue weighted by Crippen LogP contribution is 2.50. The second-order valence-electron chi connectivity index (χ2n) is 9.50. The molecule has 1 fully saturated rings. The number of piperidine rings is 1. The number of hydrogen-bond acceptors (Lipinski definition) is 2. The summed E-state index contributed by atoms with van der Waals surface area (Å²) in [7, 11) is 0. The first kappa shape index (κ1) is 20.1. The molecule has 1 unspecified atom stereocenters. The lowest BCUT2D eigenvalue weighted by Crippen LogP contribution is -2.53. The Kier molecular flexibility index (Phi) is 4.89. The average molecular weight is 487 g/mol. The van der Waals surface area contributed by atoms with Crippen molar-refractivity contribution in [2.24, 2.45) is 5.92 Å². The Labute approximate surface area is 197 Å². The molecule has 3 aromatic carbocycles. The predicted molar refractivity (Wildman–Crippen MR) is 133 cm³/mol. The van der Waals surface area contributed by atoms with Crippen LogP contribution in [0.15, 0.2) is 77.3 Å². The van der Waals surface area contributed by atoms with Gasteiger partial charge in [0, 0.05) is 34.1 Å². The number of fused-ring (bicyclic) bond motifs is 4. The first-order valence-corrected chi connectivity index (χ1v) is 12.3. The zero-order valence-electron chi connectivity index (χ0n) is 18.0. The maximum absolute atomic E-state index is 10.3. The SMILES string of the molecule is Oc1cccc([C@@]23CCN(Cc4ccccc4)CC2Cc2c([nH]c4c(Br)cccc24)C3)c1. The van der Waals surface area contributed by atoms with Gasteiger partial charge in [-0.2, -0.15) is 0 Å². The van der Waals surface area contributed by atoms with E-state index in [1.165, 1.54) is 33.3 Å². The lowest BCUT2D eigenvalue weighted by atomic mass is 9.58. The maximum atomic E-state index is 10.3. The molecule has 4 aromatic rings. The van der Waals surface area contributed by atoms with Crippen molar-refractivity contribution in [1.29, 1.82) is 0 Å². The van der Waals surface area contributed by atoms with Crippen LogP contribution in [0, 0.1) is 5.92 Å². The molecule has 1 aliphatic carbocycles. The number of likely N-dealkylation sites (tertiary alicyclic amines) is 1. The molecular weight excluding hydrogens is 460 g/mol. The summed E-state index contributed by atoms with van der Waals surface area (Å²) in [4.78, 5) is 6.38. The molecule has 32 heavy (non-hydrogen) atoms. The van der Waals surface area contributed by atoms with E-state index in [2.05, 4.69) is 80.4 Å². The van der Waals surface area contributed by atoms with Gasteiger partial charge in [-0.1, -0.05) is 54.6 Å². The van der Waals surface area contributed by atoms with Crippen molar-refractivity contribution >= 4 is 26.8 Å². The van der Waals surface area contributed by atoms with Crippen molar-refractivity contribution in [3.63, 3.8) is 0 Å². The summed E-state index contributed by atoms with van der Waals surface area (Å²) in [5, 5.41) is 11.6. The molecule has 0 radical (unpaired) electrons. The molecule has 4 heteroatoms. The van der Waals surface area contributed by atoms with Crippen LogP contribution in [0.2, 0.25) is 0 Å². The highest BCUT2D eigenvalue weighted by Gasteiger charge is 2.48. The molecular formula is C28H27BrN2O. The highest BCUT2D eigenvalue weighted by atomic mass is 79.9. The van der Waals surface area contributed by atoms with Crippen molar-refractivity contribution in [2.45, 2.75) is 31.2 Å². The van der Waals surface area contributed by atoms with Crippen LogP contribution in [0.25, 0.3) is 10.9 Å². The number of aromatic nitrogens is 1. The van der Waals surface area contributed by atoms with E-state index in [4.69, 9.17) is 0 Å². The molecule has 2 atom stereocenters. The average Bonchev–Trinajstić information content (AvgIpc) is 3.17. The van der Waals surface area contributed by atoms with E-state index in [-0.39, 0.29) is 5.41 Å². The van der Waals surface area contributed by atoms with E-state index in [1.807, 2.05) is 12.1 Å². The van der Waals surface area contributed by atoms with Gasteiger partial charge in [0.15, 0.2) is 0 Å². The van der Waals surface area contributed by atoms with E-state index in [1.54, 1.807) is 6.07 Å². The summed E-state index contributed by atoms with van der Waals surface area (Å²) in [5.41, 5.74) is 6.76. The second kappa shape index (κ2) is 7.79. The number of aromatic hydroxyl groups is 1. The lowest BCUT2D eigenvalue weighted by molar-refractivity contribution is 0.0765. The Morgan fingerprint density at radius 2 is 1.88 bits per heavy atom. The molecule has 2 aliphatic rings. The van der Waals surface area contributed by atoms with Crippen LogP contribution in [-0.4, -0.2) is 28.1 Å². The summed E-state index contributed by atoms with van der Waals surface area (Å²) in [6, 6.07) is 25.3. The molecule has 6 rings (SSSR count).